The van der Waals surface area contributed by atoms with Crippen molar-refractivity contribution in [2.45, 2.75) is 70.3 Å². The van der Waals surface area contributed by atoms with E-state index in [4.69, 9.17) is 0 Å². The van der Waals surface area contributed by atoms with Crippen LogP contribution in [0.25, 0.3) is 0 Å². The van der Waals surface area contributed by atoms with Crippen LogP contribution in [0, 0.1) is 13.8 Å². The van der Waals surface area contributed by atoms with Gasteiger partial charge in [0.05, 0.1) is 5.75 Å². The van der Waals surface area contributed by atoms with Crippen molar-refractivity contribution >= 4 is 23.6 Å². The molecule has 1 N–H and O–H groups in total. The Bertz CT molecular complexity index is 1160. The summed E-state index contributed by atoms with van der Waals surface area (Å²) >= 11 is 1.62. The van der Waals surface area contributed by atoms with E-state index in [-0.39, 0.29) is 17.9 Å². The van der Waals surface area contributed by atoms with E-state index in [1.807, 2.05) is 47.4 Å². The Kier molecular flexibility index (Phi) is 9.84. The zero-order chi connectivity index (χ0) is 26.0. The zero-order valence-corrected chi connectivity index (χ0v) is 22.8. The van der Waals surface area contributed by atoms with Crippen LogP contribution in [0.2, 0.25) is 0 Å². The average molecular weight is 515 g/mol. The van der Waals surface area contributed by atoms with E-state index in [1.165, 1.54) is 16.7 Å². The second-order valence-electron chi connectivity index (χ2n) is 10.1. The summed E-state index contributed by atoms with van der Waals surface area (Å²) in [6, 6.07) is 26.2. The minimum absolute atomic E-state index is 0.00154. The van der Waals surface area contributed by atoms with Crippen molar-refractivity contribution in [2.75, 3.05) is 5.75 Å². The number of hydrogen-bond acceptors (Lipinski definition) is 3. The van der Waals surface area contributed by atoms with Gasteiger partial charge < -0.3 is 10.2 Å². The Labute approximate surface area is 225 Å². The Morgan fingerprint density at radius 2 is 1.57 bits per heavy atom. The highest BCUT2D eigenvalue weighted by Gasteiger charge is 2.32. The molecule has 194 valence electrons. The molecule has 0 saturated heterocycles. The number of benzene rings is 3. The van der Waals surface area contributed by atoms with Crippen molar-refractivity contribution in [3.05, 3.63) is 107 Å². The average Bonchev–Trinajstić information content (AvgIpc) is 3.42. The van der Waals surface area contributed by atoms with E-state index in [2.05, 4.69) is 55.6 Å². The van der Waals surface area contributed by atoms with Crippen LogP contribution in [0.4, 0.5) is 0 Å². The number of carbonyl (C=O) groups excluding carboxylic acids is 2. The molecule has 0 bridgehead atoms. The fourth-order valence-corrected chi connectivity index (χ4v) is 5.90. The molecule has 3 aromatic rings. The number of thioether (sulfide) groups is 1. The smallest absolute Gasteiger partial charge is 0.243 e. The van der Waals surface area contributed by atoms with Crippen molar-refractivity contribution in [3.8, 4) is 0 Å². The molecule has 1 fully saturated rings. The summed E-state index contributed by atoms with van der Waals surface area (Å²) in [7, 11) is 0. The van der Waals surface area contributed by atoms with Crippen LogP contribution < -0.4 is 5.32 Å². The molecule has 4 nitrogen and oxygen atoms in total. The SMILES string of the molecule is Cc1ccc(CN(C(=O)CSCc2ccccc2C)C(Cc2ccccc2)C(=O)NC2CCCC2)cc1. The van der Waals surface area contributed by atoms with E-state index in [0.29, 0.717) is 18.7 Å². The molecular weight excluding hydrogens is 476 g/mol. The molecule has 37 heavy (non-hydrogen) atoms. The molecule has 0 aliphatic heterocycles. The van der Waals surface area contributed by atoms with Crippen LogP contribution in [-0.4, -0.2) is 34.6 Å². The molecule has 5 heteroatoms. The van der Waals surface area contributed by atoms with Crippen molar-refractivity contribution in [2.24, 2.45) is 0 Å². The molecule has 2 amide bonds. The number of rotatable bonds is 11. The van der Waals surface area contributed by atoms with Gasteiger partial charge in [-0.05, 0) is 48.9 Å². The van der Waals surface area contributed by atoms with E-state index < -0.39 is 6.04 Å². The highest BCUT2D eigenvalue weighted by molar-refractivity contribution is 7.99. The second-order valence-corrected chi connectivity index (χ2v) is 11.1. The Balaban J connectivity index is 1.56. The third-order valence-corrected chi connectivity index (χ3v) is 8.16. The number of nitrogens with zero attached hydrogens (tertiary/aromatic N) is 1. The van der Waals surface area contributed by atoms with Gasteiger partial charge in [0.1, 0.15) is 6.04 Å². The number of aryl methyl sites for hydroxylation is 2. The molecule has 3 aromatic carbocycles. The van der Waals surface area contributed by atoms with Gasteiger partial charge in [0.25, 0.3) is 0 Å². The summed E-state index contributed by atoms with van der Waals surface area (Å²) in [4.78, 5) is 29.3. The maximum atomic E-state index is 13.8. The van der Waals surface area contributed by atoms with Crippen LogP contribution in [0.5, 0.6) is 0 Å². The van der Waals surface area contributed by atoms with Crippen molar-refractivity contribution < 1.29 is 9.59 Å². The van der Waals surface area contributed by atoms with Crippen molar-refractivity contribution in [3.63, 3.8) is 0 Å². The fraction of sp³-hybridized carbons (Fsp3) is 0.375. The van der Waals surface area contributed by atoms with Gasteiger partial charge in [0, 0.05) is 24.8 Å². The Morgan fingerprint density at radius 1 is 0.892 bits per heavy atom. The van der Waals surface area contributed by atoms with Gasteiger partial charge in [-0.1, -0.05) is 97.3 Å². The van der Waals surface area contributed by atoms with Gasteiger partial charge in [-0.25, -0.2) is 0 Å². The molecule has 1 atom stereocenters. The molecule has 1 saturated carbocycles. The highest BCUT2D eigenvalue weighted by atomic mass is 32.2. The zero-order valence-electron chi connectivity index (χ0n) is 22.0. The lowest BCUT2D eigenvalue weighted by molar-refractivity contribution is -0.139. The summed E-state index contributed by atoms with van der Waals surface area (Å²) in [5.41, 5.74) is 5.75. The summed E-state index contributed by atoms with van der Waals surface area (Å²) in [5.74, 6) is 1.07. The van der Waals surface area contributed by atoms with E-state index in [1.54, 1.807) is 11.8 Å². The number of hydrogen-bond donors (Lipinski definition) is 1. The lowest BCUT2D eigenvalue weighted by atomic mass is 10.0. The minimum Gasteiger partial charge on any atom is -0.352 e. The first-order valence-corrected chi connectivity index (χ1v) is 14.5. The monoisotopic (exact) mass is 514 g/mol. The number of amides is 2. The molecule has 1 aliphatic rings. The molecular formula is C32H38N2O2S. The topological polar surface area (TPSA) is 49.4 Å². The lowest BCUT2D eigenvalue weighted by Crippen LogP contribution is -2.52. The minimum atomic E-state index is -0.559. The van der Waals surface area contributed by atoms with E-state index >= 15 is 0 Å². The molecule has 0 spiro atoms. The van der Waals surface area contributed by atoms with Gasteiger partial charge in [-0.15, -0.1) is 11.8 Å². The van der Waals surface area contributed by atoms with Gasteiger partial charge in [0.15, 0.2) is 0 Å². The van der Waals surface area contributed by atoms with Gasteiger partial charge in [-0.3, -0.25) is 9.59 Å². The summed E-state index contributed by atoms with van der Waals surface area (Å²) < 4.78 is 0. The van der Waals surface area contributed by atoms with E-state index in [0.717, 1.165) is 42.6 Å². The number of carbonyl (C=O) groups is 2. The standard InChI is InChI=1S/C32H38N2O2S/c1-24-16-18-27(19-17-24)21-34(31(35)23-37-22-28-13-7-6-10-25(28)2)30(20-26-11-4-3-5-12-26)32(36)33-29-14-8-9-15-29/h3-7,10-13,16-19,29-30H,8-9,14-15,20-23H2,1-2H3,(H,33,36). The van der Waals surface area contributed by atoms with Crippen molar-refractivity contribution in [1.29, 1.82) is 0 Å². The number of nitrogens with one attached hydrogen (secondary N) is 1. The highest BCUT2D eigenvalue weighted by Crippen LogP contribution is 2.22. The van der Waals surface area contributed by atoms with Crippen LogP contribution in [0.1, 0.15) is 53.5 Å². The second kappa shape index (κ2) is 13.5. The molecule has 1 unspecified atom stereocenters. The summed E-state index contributed by atoms with van der Waals surface area (Å²) in [6.45, 7) is 4.58. The lowest BCUT2D eigenvalue weighted by Gasteiger charge is -2.32. The first-order valence-electron chi connectivity index (χ1n) is 13.3. The van der Waals surface area contributed by atoms with Crippen molar-refractivity contribution in [1.82, 2.24) is 10.2 Å². The van der Waals surface area contributed by atoms with Gasteiger partial charge >= 0.3 is 0 Å². The first-order chi connectivity index (χ1) is 18.0. The van der Waals surface area contributed by atoms with Crippen LogP contribution in [0.3, 0.4) is 0 Å². The molecule has 0 aromatic heterocycles. The van der Waals surface area contributed by atoms with Gasteiger partial charge in [0.2, 0.25) is 11.8 Å². The van der Waals surface area contributed by atoms with Gasteiger partial charge in [-0.2, -0.15) is 0 Å². The fourth-order valence-electron chi connectivity index (χ4n) is 4.91. The predicted octanol–water partition coefficient (Wildman–Crippen LogP) is 6.24. The Hall–Kier alpha value is -3.05. The molecule has 0 radical (unpaired) electrons. The quantitative estimate of drug-likeness (QED) is 0.330. The Morgan fingerprint density at radius 3 is 2.27 bits per heavy atom. The maximum absolute atomic E-state index is 13.8. The van der Waals surface area contributed by atoms with E-state index in [9.17, 15) is 9.59 Å². The largest absolute Gasteiger partial charge is 0.352 e. The third-order valence-electron chi connectivity index (χ3n) is 7.19. The summed E-state index contributed by atoms with van der Waals surface area (Å²) in [5, 5.41) is 3.28. The van der Waals surface area contributed by atoms with Crippen LogP contribution in [-0.2, 0) is 28.3 Å². The predicted molar refractivity (Wildman–Crippen MR) is 153 cm³/mol. The molecule has 1 aliphatic carbocycles. The maximum Gasteiger partial charge on any atom is 0.243 e. The summed E-state index contributed by atoms with van der Waals surface area (Å²) in [6.07, 6.45) is 4.83. The third kappa shape index (κ3) is 7.96. The van der Waals surface area contributed by atoms with Crippen LogP contribution in [0.15, 0.2) is 78.9 Å². The molecule has 4 rings (SSSR count). The normalized spacial score (nSPS) is 14.3. The van der Waals surface area contributed by atoms with Crippen LogP contribution >= 0.6 is 11.8 Å². The first kappa shape index (κ1) is 27.0. The molecule has 0 heterocycles.